The first-order valence-corrected chi connectivity index (χ1v) is 7.62. The Labute approximate surface area is 120 Å². The van der Waals surface area contributed by atoms with E-state index in [4.69, 9.17) is 0 Å². The number of amides is 1. The van der Waals surface area contributed by atoms with Crippen LogP contribution in [0.25, 0.3) is 0 Å². The van der Waals surface area contributed by atoms with E-state index in [2.05, 4.69) is 27.6 Å². The van der Waals surface area contributed by atoms with Gasteiger partial charge >= 0.3 is 0 Å². The first-order chi connectivity index (χ1) is 9.74. The fraction of sp³-hybridized carbons (Fsp3) is 0.786. The molecule has 1 aliphatic heterocycles. The van der Waals surface area contributed by atoms with Crippen molar-refractivity contribution in [3.8, 4) is 0 Å². The SMILES string of the molecule is CCCn1ncnc1CC1CCNC(C(=O)NCC)C1. The highest BCUT2D eigenvalue weighted by atomic mass is 16.2. The zero-order chi connectivity index (χ0) is 14.4. The van der Waals surface area contributed by atoms with Crippen LogP contribution in [0.1, 0.15) is 38.9 Å². The Morgan fingerprint density at radius 3 is 3.15 bits per heavy atom. The Morgan fingerprint density at radius 1 is 1.55 bits per heavy atom. The molecule has 1 fully saturated rings. The molecule has 0 radical (unpaired) electrons. The van der Waals surface area contributed by atoms with Gasteiger partial charge in [-0.25, -0.2) is 4.98 Å². The van der Waals surface area contributed by atoms with Crippen molar-refractivity contribution in [2.45, 2.75) is 52.1 Å². The van der Waals surface area contributed by atoms with Crippen LogP contribution in [0.4, 0.5) is 0 Å². The van der Waals surface area contributed by atoms with E-state index < -0.39 is 0 Å². The summed E-state index contributed by atoms with van der Waals surface area (Å²) in [5.41, 5.74) is 0. The number of nitrogens with one attached hydrogen (secondary N) is 2. The normalized spacial score (nSPS) is 22.7. The third-order valence-electron chi connectivity index (χ3n) is 3.78. The van der Waals surface area contributed by atoms with Crippen LogP contribution in [0.2, 0.25) is 0 Å². The molecular weight excluding hydrogens is 254 g/mol. The van der Waals surface area contributed by atoms with Gasteiger partial charge in [0.1, 0.15) is 12.2 Å². The molecule has 2 unspecified atom stereocenters. The molecule has 6 heteroatoms. The summed E-state index contributed by atoms with van der Waals surface area (Å²) in [7, 11) is 0. The van der Waals surface area contributed by atoms with E-state index in [1.807, 2.05) is 11.6 Å². The number of rotatable bonds is 6. The Hall–Kier alpha value is -1.43. The van der Waals surface area contributed by atoms with Gasteiger partial charge in [0.25, 0.3) is 0 Å². The average molecular weight is 279 g/mol. The zero-order valence-corrected chi connectivity index (χ0v) is 12.4. The summed E-state index contributed by atoms with van der Waals surface area (Å²) in [6.07, 6.45) is 5.58. The van der Waals surface area contributed by atoms with Crippen molar-refractivity contribution < 1.29 is 4.79 Å². The highest BCUT2D eigenvalue weighted by Gasteiger charge is 2.27. The fourth-order valence-corrected chi connectivity index (χ4v) is 2.78. The highest BCUT2D eigenvalue weighted by molar-refractivity contribution is 5.81. The number of carbonyl (C=O) groups excluding carboxylic acids is 1. The minimum Gasteiger partial charge on any atom is -0.355 e. The Balaban J connectivity index is 1.92. The van der Waals surface area contributed by atoms with Gasteiger partial charge in [-0.15, -0.1) is 0 Å². The van der Waals surface area contributed by atoms with E-state index in [0.29, 0.717) is 12.5 Å². The van der Waals surface area contributed by atoms with Crippen molar-refractivity contribution in [3.63, 3.8) is 0 Å². The minimum absolute atomic E-state index is 0.0590. The quantitative estimate of drug-likeness (QED) is 0.805. The molecule has 2 N–H and O–H groups in total. The molecule has 20 heavy (non-hydrogen) atoms. The van der Waals surface area contributed by atoms with Crippen molar-refractivity contribution >= 4 is 5.91 Å². The standard InChI is InChI=1S/C14H25N5O/c1-3-7-19-13(17-10-18-19)9-11-5-6-16-12(8-11)14(20)15-4-2/h10-12,16H,3-9H2,1-2H3,(H,15,20). The maximum Gasteiger partial charge on any atom is 0.237 e. The Bertz CT molecular complexity index is 431. The molecule has 2 atom stereocenters. The molecule has 6 nitrogen and oxygen atoms in total. The van der Waals surface area contributed by atoms with Crippen molar-refractivity contribution in [2.75, 3.05) is 13.1 Å². The lowest BCUT2D eigenvalue weighted by Gasteiger charge is -2.29. The highest BCUT2D eigenvalue weighted by Crippen LogP contribution is 2.20. The predicted molar refractivity (Wildman–Crippen MR) is 77.2 cm³/mol. The molecule has 0 bridgehead atoms. The van der Waals surface area contributed by atoms with Crippen LogP contribution in [-0.2, 0) is 17.8 Å². The molecule has 1 saturated heterocycles. The van der Waals surface area contributed by atoms with E-state index in [-0.39, 0.29) is 11.9 Å². The third-order valence-corrected chi connectivity index (χ3v) is 3.78. The van der Waals surface area contributed by atoms with Crippen LogP contribution in [0.15, 0.2) is 6.33 Å². The van der Waals surface area contributed by atoms with Gasteiger partial charge in [-0.05, 0) is 38.6 Å². The second kappa shape index (κ2) is 7.38. The summed E-state index contributed by atoms with van der Waals surface area (Å²) in [6.45, 7) is 6.59. The Morgan fingerprint density at radius 2 is 2.40 bits per heavy atom. The lowest BCUT2D eigenvalue weighted by Crippen LogP contribution is -2.49. The monoisotopic (exact) mass is 279 g/mol. The summed E-state index contributed by atoms with van der Waals surface area (Å²) in [6, 6.07) is -0.0590. The van der Waals surface area contributed by atoms with Crippen LogP contribution in [0.3, 0.4) is 0 Å². The molecule has 2 rings (SSSR count). The van der Waals surface area contributed by atoms with Gasteiger partial charge in [0.05, 0.1) is 6.04 Å². The molecule has 2 heterocycles. The molecular formula is C14H25N5O. The van der Waals surface area contributed by atoms with Crippen molar-refractivity contribution in [2.24, 2.45) is 5.92 Å². The number of aromatic nitrogens is 3. The number of carbonyl (C=O) groups is 1. The van der Waals surface area contributed by atoms with Gasteiger partial charge in [-0.3, -0.25) is 9.48 Å². The molecule has 1 amide bonds. The minimum atomic E-state index is -0.0590. The second-order valence-corrected chi connectivity index (χ2v) is 5.40. The van der Waals surface area contributed by atoms with E-state index in [9.17, 15) is 4.79 Å². The molecule has 0 spiro atoms. The first-order valence-electron chi connectivity index (χ1n) is 7.62. The lowest BCUT2D eigenvalue weighted by atomic mass is 9.89. The number of hydrogen-bond donors (Lipinski definition) is 2. The first kappa shape index (κ1) is 15.0. The van der Waals surface area contributed by atoms with E-state index in [0.717, 1.165) is 44.6 Å². The van der Waals surface area contributed by atoms with Gasteiger partial charge in [0.15, 0.2) is 0 Å². The second-order valence-electron chi connectivity index (χ2n) is 5.40. The number of piperidine rings is 1. The van der Waals surface area contributed by atoms with Crippen molar-refractivity contribution in [1.82, 2.24) is 25.4 Å². The molecule has 0 aliphatic carbocycles. The fourth-order valence-electron chi connectivity index (χ4n) is 2.78. The van der Waals surface area contributed by atoms with Crippen LogP contribution < -0.4 is 10.6 Å². The maximum absolute atomic E-state index is 11.9. The Kier molecular flexibility index (Phi) is 5.52. The molecule has 1 aromatic heterocycles. The van der Waals surface area contributed by atoms with Crippen LogP contribution in [0.5, 0.6) is 0 Å². The van der Waals surface area contributed by atoms with Gasteiger partial charge in [0.2, 0.25) is 5.91 Å². The van der Waals surface area contributed by atoms with Crippen LogP contribution >= 0.6 is 0 Å². The van der Waals surface area contributed by atoms with E-state index >= 15 is 0 Å². The van der Waals surface area contributed by atoms with Gasteiger partial charge in [0, 0.05) is 19.5 Å². The molecule has 1 aliphatic rings. The summed E-state index contributed by atoms with van der Waals surface area (Å²) in [5.74, 6) is 1.67. The lowest BCUT2D eigenvalue weighted by molar-refractivity contribution is -0.123. The molecule has 0 aromatic carbocycles. The predicted octanol–water partition coefficient (Wildman–Crippen LogP) is 0.735. The van der Waals surface area contributed by atoms with Crippen molar-refractivity contribution in [3.05, 3.63) is 12.2 Å². The van der Waals surface area contributed by atoms with E-state index in [1.165, 1.54) is 0 Å². The summed E-state index contributed by atoms with van der Waals surface area (Å²) in [4.78, 5) is 16.3. The maximum atomic E-state index is 11.9. The topological polar surface area (TPSA) is 71.8 Å². The summed E-state index contributed by atoms with van der Waals surface area (Å²) in [5, 5.41) is 10.5. The number of hydrogen-bond acceptors (Lipinski definition) is 4. The molecule has 1 aromatic rings. The van der Waals surface area contributed by atoms with Gasteiger partial charge in [-0.2, -0.15) is 5.10 Å². The number of likely N-dealkylation sites (N-methyl/N-ethyl adjacent to an activating group) is 1. The number of nitrogens with zero attached hydrogens (tertiary/aromatic N) is 3. The van der Waals surface area contributed by atoms with Crippen LogP contribution in [-0.4, -0.2) is 39.8 Å². The van der Waals surface area contributed by atoms with Crippen LogP contribution in [0, 0.1) is 5.92 Å². The third kappa shape index (κ3) is 3.79. The average Bonchev–Trinajstić information content (AvgIpc) is 2.87. The summed E-state index contributed by atoms with van der Waals surface area (Å²) >= 11 is 0. The van der Waals surface area contributed by atoms with Gasteiger partial charge < -0.3 is 10.6 Å². The number of aryl methyl sites for hydroxylation is 1. The van der Waals surface area contributed by atoms with Crippen molar-refractivity contribution in [1.29, 1.82) is 0 Å². The summed E-state index contributed by atoms with van der Waals surface area (Å²) < 4.78 is 1.99. The smallest absolute Gasteiger partial charge is 0.237 e. The molecule has 0 saturated carbocycles. The molecule has 112 valence electrons. The van der Waals surface area contributed by atoms with E-state index in [1.54, 1.807) is 6.33 Å². The van der Waals surface area contributed by atoms with Gasteiger partial charge in [-0.1, -0.05) is 6.92 Å². The largest absolute Gasteiger partial charge is 0.355 e. The zero-order valence-electron chi connectivity index (χ0n) is 12.4.